The molecule has 2 rings (SSSR count). The number of carbonyl (C=O) groups is 2. The number of phenolic OH excluding ortho intramolecular Hbond substituents is 4. The third-order valence-electron chi connectivity index (χ3n) is 3.37. The van der Waals surface area contributed by atoms with Crippen LogP contribution in [0.4, 0.5) is 0 Å². The molecule has 0 amide bonds. The third-order valence-corrected chi connectivity index (χ3v) is 3.37. The number of quaternary nitrogens is 2. The Bertz CT molecular complexity index is 919. The average Bonchev–Trinajstić information content (AvgIpc) is 2.65. The van der Waals surface area contributed by atoms with Crippen molar-refractivity contribution in [2.45, 2.75) is 0 Å². The van der Waals surface area contributed by atoms with E-state index >= 15 is 0 Å². The van der Waals surface area contributed by atoms with Gasteiger partial charge in [0.25, 0.3) is 0 Å². The highest BCUT2D eigenvalue weighted by atomic mass is 32.3. The molecule has 0 unspecified atom stereocenters. The molecule has 13 heteroatoms. The molecule has 0 heterocycles. The molecule has 0 spiro atoms. The summed E-state index contributed by atoms with van der Waals surface area (Å²) >= 11 is 0. The summed E-state index contributed by atoms with van der Waals surface area (Å²) in [6, 6.07) is 8.11. The van der Waals surface area contributed by atoms with Crippen LogP contribution in [0.5, 0.6) is 23.0 Å². The van der Waals surface area contributed by atoms with Crippen LogP contribution >= 0.6 is 0 Å². The SMILES string of the molecule is C[NH2+]CC(=O)c1ccc(O)c(O)c1.C[NH2+]CC(=O)c1ccc(O)c(O)c1.O=S(=O)([O-])[O-]. The standard InChI is InChI=1S/2C9H11NO3.H2O4S/c2*1-10-5-9(13)6-2-3-7(11)8(12)4-6;1-5(2,3)4/h2*2-4,10-12H,5H2,1H3;(H2,1,2,3,4). The number of hydrogen-bond acceptors (Lipinski definition) is 10. The van der Waals surface area contributed by atoms with E-state index in [1.54, 1.807) is 24.7 Å². The van der Waals surface area contributed by atoms with E-state index in [1.165, 1.54) is 36.4 Å². The monoisotopic (exact) mass is 460 g/mol. The molecular formula is C18H24N2O10S. The number of nitrogens with two attached hydrogens (primary N) is 2. The smallest absolute Gasteiger partial charge is 0.216 e. The molecular weight excluding hydrogens is 436 g/mol. The van der Waals surface area contributed by atoms with Crippen LogP contribution in [0.15, 0.2) is 36.4 Å². The van der Waals surface area contributed by atoms with E-state index in [9.17, 15) is 9.59 Å². The Morgan fingerprint density at radius 2 is 1.03 bits per heavy atom. The van der Waals surface area contributed by atoms with E-state index in [2.05, 4.69) is 0 Å². The van der Waals surface area contributed by atoms with Crippen LogP contribution in [0.1, 0.15) is 20.7 Å². The Kier molecular flexibility index (Phi) is 11.8. The predicted octanol–water partition coefficient (Wildman–Crippen LogP) is -2.39. The minimum atomic E-state index is -5.17. The van der Waals surface area contributed by atoms with Gasteiger partial charge in [-0.1, -0.05) is 0 Å². The van der Waals surface area contributed by atoms with Gasteiger partial charge in [-0.2, -0.15) is 0 Å². The molecule has 0 fully saturated rings. The van der Waals surface area contributed by atoms with E-state index in [0.29, 0.717) is 24.2 Å². The Hall–Kier alpha value is -3.23. The van der Waals surface area contributed by atoms with Crippen molar-refractivity contribution in [3.8, 4) is 23.0 Å². The molecule has 0 bridgehead atoms. The fourth-order valence-corrected chi connectivity index (χ4v) is 2.00. The Labute approximate surface area is 178 Å². The van der Waals surface area contributed by atoms with Gasteiger partial charge in [0.1, 0.15) is 13.1 Å². The minimum absolute atomic E-state index is 0.0715. The zero-order chi connectivity index (χ0) is 24.2. The summed E-state index contributed by atoms with van der Waals surface area (Å²) in [6.45, 7) is 0.675. The van der Waals surface area contributed by atoms with Gasteiger partial charge in [-0.05, 0) is 36.4 Å². The largest absolute Gasteiger partial charge is 0.759 e. The molecule has 0 atom stereocenters. The lowest BCUT2D eigenvalue weighted by atomic mass is 10.1. The molecule has 172 valence electrons. The summed E-state index contributed by atoms with van der Waals surface area (Å²) in [4.78, 5) is 22.6. The van der Waals surface area contributed by atoms with Gasteiger partial charge >= 0.3 is 0 Å². The van der Waals surface area contributed by atoms with Gasteiger partial charge in [0.05, 0.1) is 14.1 Å². The van der Waals surface area contributed by atoms with Crippen molar-refractivity contribution in [3.05, 3.63) is 47.5 Å². The molecule has 8 N–H and O–H groups in total. The van der Waals surface area contributed by atoms with Gasteiger partial charge in [0.2, 0.25) is 11.6 Å². The van der Waals surface area contributed by atoms with E-state index in [4.69, 9.17) is 37.9 Å². The number of phenols is 4. The maximum atomic E-state index is 11.3. The van der Waals surface area contributed by atoms with Gasteiger partial charge in [0.15, 0.2) is 23.0 Å². The second kappa shape index (κ2) is 13.1. The van der Waals surface area contributed by atoms with Crippen molar-refractivity contribution in [1.29, 1.82) is 0 Å². The van der Waals surface area contributed by atoms with Crippen LogP contribution in [0.25, 0.3) is 0 Å². The van der Waals surface area contributed by atoms with Gasteiger partial charge in [-0.15, -0.1) is 0 Å². The first-order valence-electron chi connectivity index (χ1n) is 8.62. The predicted molar refractivity (Wildman–Crippen MR) is 104 cm³/mol. The van der Waals surface area contributed by atoms with Crippen molar-refractivity contribution >= 4 is 22.0 Å². The highest BCUT2D eigenvalue weighted by Gasteiger charge is 2.09. The molecule has 2 aromatic carbocycles. The van der Waals surface area contributed by atoms with Gasteiger partial charge in [0, 0.05) is 21.5 Å². The number of hydrogen-bond donors (Lipinski definition) is 6. The highest BCUT2D eigenvalue weighted by molar-refractivity contribution is 7.79. The Morgan fingerprint density at radius 3 is 1.26 bits per heavy atom. The van der Waals surface area contributed by atoms with Gasteiger partial charge in [-0.25, -0.2) is 0 Å². The summed E-state index contributed by atoms with van der Waals surface area (Å²) in [5.41, 5.74) is 0.821. The molecule has 2 aromatic rings. The van der Waals surface area contributed by atoms with Crippen molar-refractivity contribution in [1.82, 2.24) is 0 Å². The summed E-state index contributed by atoms with van der Waals surface area (Å²) in [7, 11) is -1.59. The lowest BCUT2D eigenvalue weighted by Crippen LogP contribution is -2.81. The maximum Gasteiger partial charge on any atom is 0.216 e. The molecule has 0 saturated carbocycles. The van der Waals surface area contributed by atoms with Crippen molar-refractivity contribution in [2.75, 3.05) is 27.2 Å². The maximum absolute atomic E-state index is 11.3. The van der Waals surface area contributed by atoms with Gasteiger partial charge < -0.3 is 40.2 Å². The Morgan fingerprint density at radius 1 is 0.742 bits per heavy atom. The second-order valence-electron chi connectivity index (χ2n) is 5.89. The molecule has 0 saturated heterocycles. The molecule has 0 radical (unpaired) electrons. The molecule has 0 aromatic heterocycles. The number of Topliss-reactive ketones (excluding diaryl/α,β-unsaturated/α-hetero) is 2. The number of ketones is 2. The minimum Gasteiger partial charge on any atom is -0.759 e. The van der Waals surface area contributed by atoms with Crippen LogP contribution in [0.3, 0.4) is 0 Å². The molecule has 31 heavy (non-hydrogen) atoms. The summed E-state index contributed by atoms with van der Waals surface area (Å²) < 4.78 is 34.1. The lowest BCUT2D eigenvalue weighted by Gasteiger charge is -2.06. The molecule has 0 aliphatic carbocycles. The first-order valence-corrected chi connectivity index (χ1v) is 9.96. The van der Waals surface area contributed by atoms with E-state index < -0.39 is 10.4 Å². The van der Waals surface area contributed by atoms with E-state index in [-0.39, 0.29) is 34.6 Å². The van der Waals surface area contributed by atoms with Crippen LogP contribution in [-0.2, 0) is 10.4 Å². The van der Waals surface area contributed by atoms with E-state index in [0.717, 1.165) is 0 Å². The summed E-state index contributed by atoms with van der Waals surface area (Å²) in [5.74, 6) is -1.09. The van der Waals surface area contributed by atoms with Crippen LogP contribution in [0.2, 0.25) is 0 Å². The first kappa shape index (κ1) is 27.8. The number of aromatic hydroxyl groups is 4. The van der Waals surface area contributed by atoms with Crippen molar-refractivity contribution < 1.29 is 58.2 Å². The molecule has 0 aliphatic rings. The van der Waals surface area contributed by atoms with Crippen LogP contribution < -0.4 is 10.6 Å². The lowest BCUT2D eigenvalue weighted by molar-refractivity contribution is -0.614. The number of carbonyl (C=O) groups excluding carboxylic acids is 2. The third kappa shape index (κ3) is 12.1. The van der Waals surface area contributed by atoms with Gasteiger partial charge in [-0.3, -0.25) is 18.0 Å². The number of likely N-dealkylation sites (N-methyl/N-ethyl adjacent to an activating group) is 2. The molecule has 0 aliphatic heterocycles. The zero-order valence-electron chi connectivity index (χ0n) is 16.7. The first-order chi connectivity index (χ1) is 14.3. The summed E-state index contributed by atoms with van der Waals surface area (Å²) in [6.07, 6.45) is 0. The summed E-state index contributed by atoms with van der Waals surface area (Å²) in [5, 5.41) is 39.7. The molecule has 12 nitrogen and oxygen atoms in total. The average molecular weight is 460 g/mol. The fourth-order valence-electron chi connectivity index (χ4n) is 2.00. The number of rotatable bonds is 6. The van der Waals surface area contributed by atoms with Crippen LogP contribution in [-0.4, -0.2) is 76.7 Å². The Balaban J connectivity index is 0.000000479. The highest BCUT2D eigenvalue weighted by Crippen LogP contribution is 2.25. The number of benzene rings is 2. The quantitative estimate of drug-likeness (QED) is 0.116. The fraction of sp³-hybridized carbons (Fsp3) is 0.222. The van der Waals surface area contributed by atoms with Crippen molar-refractivity contribution in [3.63, 3.8) is 0 Å². The van der Waals surface area contributed by atoms with E-state index in [1.807, 2.05) is 0 Å². The van der Waals surface area contributed by atoms with Crippen LogP contribution in [0, 0.1) is 0 Å². The zero-order valence-corrected chi connectivity index (χ0v) is 17.5. The normalized spacial score (nSPS) is 10.2. The van der Waals surface area contributed by atoms with Crippen molar-refractivity contribution in [2.24, 2.45) is 0 Å². The second-order valence-corrected chi connectivity index (χ2v) is 6.70. The topological polar surface area (TPSA) is 229 Å².